The van der Waals surface area contributed by atoms with E-state index in [9.17, 15) is 14.9 Å². The Morgan fingerprint density at radius 1 is 1.00 bits per heavy atom. The highest BCUT2D eigenvalue weighted by Crippen LogP contribution is 2.77. The molecule has 7 atom stereocenters. The van der Waals surface area contributed by atoms with E-state index in [4.69, 9.17) is 4.74 Å². The van der Waals surface area contributed by atoms with Gasteiger partial charge in [0.2, 0.25) is 0 Å². The van der Waals surface area contributed by atoms with Gasteiger partial charge in [0, 0.05) is 30.5 Å². The molecule has 4 nitrogen and oxygen atoms in total. The van der Waals surface area contributed by atoms with Gasteiger partial charge in [-0.25, -0.2) is 0 Å². The van der Waals surface area contributed by atoms with Crippen LogP contribution in [0, 0.1) is 61.6 Å². The molecule has 6 rings (SSSR count). The molecule has 6 aliphatic rings. The first kappa shape index (κ1) is 26.5. The number of Topliss-reactive ketones (excluding diaryl/α,β-unsaturated/α-hetero) is 1. The first-order valence-corrected chi connectivity index (χ1v) is 15.3. The highest BCUT2D eigenvalue weighted by Gasteiger charge is 2.72. The molecule has 38 heavy (non-hydrogen) atoms. The number of hydrogen-bond acceptors (Lipinski definition) is 4. The third-order valence-corrected chi connectivity index (χ3v) is 13.5. The number of rotatable bonds is 4. The van der Waals surface area contributed by atoms with E-state index >= 15 is 0 Å². The van der Waals surface area contributed by atoms with Gasteiger partial charge < -0.3 is 4.74 Å². The largest absolute Gasteiger partial charge is 0.385 e. The number of nitrogens with zero attached hydrogens (tertiary/aromatic N) is 1. The summed E-state index contributed by atoms with van der Waals surface area (Å²) in [6.07, 6.45) is 16.0. The predicted octanol–water partition coefficient (Wildman–Crippen LogP) is 7.39. The number of carbonyl (C=O) groups is 2. The molecule has 4 fully saturated rings. The molecule has 0 amide bonds. The molecule has 6 aliphatic carbocycles. The van der Waals surface area contributed by atoms with Crippen LogP contribution in [-0.4, -0.2) is 25.3 Å². The van der Waals surface area contributed by atoms with E-state index in [-0.39, 0.29) is 44.7 Å². The number of ketones is 2. The summed E-state index contributed by atoms with van der Waals surface area (Å²) in [5.41, 5.74) is 1.09. The minimum Gasteiger partial charge on any atom is -0.385 e. The van der Waals surface area contributed by atoms with Crippen LogP contribution in [0.15, 0.2) is 23.3 Å². The highest BCUT2D eigenvalue weighted by atomic mass is 16.5. The first-order chi connectivity index (χ1) is 17.8. The van der Waals surface area contributed by atoms with Crippen LogP contribution in [0.2, 0.25) is 0 Å². The maximum atomic E-state index is 14.5. The Hall–Kier alpha value is -1.73. The van der Waals surface area contributed by atoms with Crippen LogP contribution < -0.4 is 0 Å². The molecular formula is C34H47NO3. The molecule has 0 N–H and O–H groups in total. The summed E-state index contributed by atoms with van der Waals surface area (Å²) < 4.78 is 5.46. The standard InChI is InChI=1S/C34H47NO3/c1-29(2)11-13-33(9-7-17-38-6)14-12-32(5)27(23(33)20-29)24(36)18-26-30(3)19-22(21-35)28(37)34(15-16-34)25(30)8-10-31(26,32)4/h18-19,23,25,27H,7-17,20H2,1-6H3/t23-,25+,27-,30-,31+,32+,33+/m0/s1. The summed E-state index contributed by atoms with van der Waals surface area (Å²) in [7, 11) is 1.79. The van der Waals surface area contributed by atoms with Gasteiger partial charge in [0.25, 0.3) is 0 Å². The molecule has 0 radical (unpaired) electrons. The Labute approximate surface area is 229 Å². The second-order valence-corrected chi connectivity index (χ2v) is 15.7. The van der Waals surface area contributed by atoms with Crippen molar-refractivity contribution < 1.29 is 14.3 Å². The summed E-state index contributed by atoms with van der Waals surface area (Å²) in [5.74, 6) is 1.06. The van der Waals surface area contributed by atoms with Crippen LogP contribution >= 0.6 is 0 Å². The van der Waals surface area contributed by atoms with Gasteiger partial charge in [0.15, 0.2) is 11.6 Å². The zero-order valence-corrected chi connectivity index (χ0v) is 24.5. The van der Waals surface area contributed by atoms with Crippen molar-refractivity contribution in [3.05, 3.63) is 23.3 Å². The van der Waals surface area contributed by atoms with E-state index in [1.54, 1.807) is 7.11 Å². The lowest BCUT2D eigenvalue weighted by atomic mass is 9.34. The SMILES string of the molecule is COCCC[C@]12CCC(C)(C)C[C@H]1[C@H]1C(=O)C=C3[C@@]4(C)C=C(C#N)C(=O)C5(CC5)[C@@H]4CC[C@@]3(C)[C@]1(C)CC2. The van der Waals surface area contributed by atoms with Crippen molar-refractivity contribution >= 4 is 11.6 Å². The van der Waals surface area contributed by atoms with E-state index in [2.05, 4.69) is 46.8 Å². The molecule has 206 valence electrons. The normalized spacial score (nSPS) is 46.1. The van der Waals surface area contributed by atoms with E-state index in [1.807, 2.05) is 6.08 Å². The van der Waals surface area contributed by atoms with E-state index in [0.29, 0.717) is 17.3 Å². The molecule has 0 aromatic carbocycles. The number of hydrogen-bond donors (Lipinski definition) is 0. The van der Waals surface area contributed by atoms with E-state index in [1.165, 1.54) is 24.8 Å². The Morgan fingerprint density at radius 2 is 1.71 bits per heavy atom. The molecule has 0 heterocycles. The smallest absolute Gasteiger partial charge is 0.179 e. The number of ether oxygens (including phenoxy) is 1. The van der Waals surface area contributed by atoms with Crippen molar-refractivity contribution in [2.75, 3.05) is 13.7 Å². The summed E-state index contributed by atoms with van der Waals surface area (Å²) >= 11 is 0. The number of carbonyl (C=O) groups excluding carboxylic acids is 2. The van der Waals surface area contributed by atoms with Crippen molar-refractivity contribution in [1.29, 1.82) is 5.26 Å². The first-order valence-electron chi connectivity index (χ1n) is 15.3. The van der Waals surface area contributed by atoms with Gasteiger partial charge in [-0.1, -0.05) is 46.3 Å². The van der Waals surface area contributed by atoms with E-state index < -0.39 is 5.41 Å². The van der Waals surface area contributed by atoms with Gasteiger partial charge >= 0.3 is 0 Å². The van der Waals surface area contributed by atoms with Crippen LogP contribution in [0.3, 0.4) is 0 Å². The van der Waals surface area contributed by atoms with E-state index in [0.717, 1.165) is 58.0 Å². The quantitative estimate of drug-likeness (QED) is 0.365. The van der Waals surface area contributed by atoms with Crippen LogP contribution in [-0.2, 0) is 14.3 Å². The Balaban J connectivity index is 1.47. The number of allylic oxidation sites excluding steroid dienone is 4. The molecule has 0 aliphatic heterocycles. The van der Waals surface area contributed by atoms with Gasteiger partial charge in [-0.2, -0.15) is 5.26 Å². The van der Waals surface area contributed by atoms with Gasteiger partial charge in [-0.15, -0.1) is 0 Å². The second kappa shape index (κ2) is 8.15. The molecule has 0 aromatic heterocycles. The Morgan fingerprint density at radius 3 is 2.37 bits per heavy atom. The second-order valence-electron chi connectivity index (χ2n) is 15.7. The highest BCUT2D eigenvalue weighted by molar-refractivity contribution is 6.06. The summed E-state index contributed by atoms with van der Waals surface area (Å²) in [5, 5.41) is 9.94. The monoisotopic (exact) mass is 517 g/mol. The number of nitriles is 1. The molecular weight excluding hydrogens is 470 g/mol. The number of fused-ring (bicyclic) bond motifs is 8. The minimum atomic E-state index is -0.398. The van der Waals surface area contributed by atoms with Crippen molar-refractivity contribution in [3.8, 4) is 6.07 Å². The van der Waals surface area contributed by atoms with Crippen LogP contribution in [0.1, 0.15) is 105 Å². The average molecular weight is 518 g/mol. The molecule has 4 saturated carbocycles. The zero-order chi connectivity index (χ0) is 27.4. The molecule has 0 bridgehead atoms. The maximum Gasteiger partial charge on any atom is 0.179 e. The average Bonchev–Trinajstić information content (AvgIpc) is 3.65. The van der Waals surface area contributed by atoms with Gasteiger partial charge in [-0.3, -0.25) is 9.59 Å². The lowest BCUT2D eigenvalue weighted by molar-refractivity contribution is -0.172. The van der Waals surface area contributed by atoms with Crippen LogP contribution in [0.4, 0.5) is 0 Å². The lowest BCUT2D eigenvalue weighted by Crippen LogP contribution is -2.64. The Bertz CT molecular complexity index is 1180. The van der Waals surface area contributed by atoms with Gasteiger partial charge in [0.05, 0.1) is 5.57 Å². The van der Waals surface area contributed by atoms with Crippen LogP contribution in [0.5, 0.6) is 0 Å². The van der Waals surface area contributed by atoms with Crippen molar-refractivity contribution in [3.63, 3.8) is 0 Å². The minimum absolute atomic E-state index is 0.0480. The fraction of sp³-hybridized carbons (Fsp3) is 0.794. The van der Waals surface area contributed by atoms with Gasteiger partial charge in [-0.05, 0) is 110 Å². The zero-order valence-electron chi connectivity index (χ0n) is 24.5. The van der Waals surface area contributed by atoms with Crippen molar-refractivity contribution in [2.24, 2.45) is 50.2 Å². The van der Waals surface area contributed by atoms with Gasteiger partial charge in [0.1, 0.15) is 6.07 Å². The fourth-order valence-electron chi connectivity index (χ4n) is 11.1. The molecule has 0 unspecified atom stereocenters. The summed E-state index contributed by atoms with van der Waals surface area (Å²) in [4.78, 5) is 27.8. The molecule has 4 heteroatoms. The lowest BCUT2D eigenvalue weighted by Gasteiger charge is -2.69. The molecule has 0 aromatic rings. The van der Waals surface area contributed by atoms with Crippen LogP contribution in [0.25, 0.3) is 0 Å². The Kier molecular flexibility index (Phi) is 5.68. The third-order valence-electron chi connectivity index (χ3n) is 13.5. The number of methoxy groups -OCH3 is 1. The van der Waals surface area contributed by atoms with Crippen molar-refractivity contribution in [2.45, 2.75) is 105 Å². The molecule has 0 saturated heterocycles. The third kappa shape index (κ3) is 3.24. The van der Waals surface area contributed by atoms with Crippen molar-refractivity contribution in [1.82, 2.24) is 0 Å². The molecule has 1 spiro atoms. The topological polar surface area (TPSA) is 67.2 Å². The fourth-order valence-corrected chi connectivity index (χ4v) is 11.1. The summed E-state index contributed by atoms with van der Waals surface area (Å²) in [6, 6.07) is 2.26. The maximum absolute atomic E-state index is 14.5. The predicted molar refractivity (Wildman–Crippen MR) is 148 cm³/mol. The summed E-state index contributed by atoms with van der Waals surface area (Å²) in [6.45, 7) is 12.8.